The van der Waals surface area contributed by atoms with Crippen molar-refractivity contribution in [3.05, 3.63) is 0 Å². The summed E-state index contributed by atoms with van der Waals surface area (Å²) in [4.78, 5) is 11.4. The lowest BCUT2D eigenvalue weighted by Crippen LogP contribution is -2.58. The minimum absolute atomic E-state index is 0.113. The highest BCUT2D eigenvalue weighted by Crippen LogP contribution is 2.69. The number of aliphatic carboxylic acids is 1. The minimum Gasteiger partial charge on any atom is -0.481 e. The Morgan fingerprint density at radius 3 is 2.31 bits per heavy atom. The number of carboxylic acids is 1. The molecule has 0 amide bonds. The Hall–Kier alpha value is -0.610. The zero-order chi connectivity index (χ0) is 20.7. The molecule has 0 saturated heterocycles. The molecule has 5 fully saturated rings. The van der Waals surface area contributed by atoms with Gasteiger partial charge in [-0.25, -0.2) is 0 Å². The van der Waals surface area contributed by atoms with Crippen molar-refractivity contribution in [2.24, 2.45) is 58.2 Å². The van der Waals surface area contributed by atoms with Crippen LogP contribution in [0.25, 0.3) is 0 Å². The normalized spacial score (nSPS) is 57.3. The third kappa shape index (κ3) is 2.87. The van der Waals surface area contributed by atoms with Crippen molar-refractivity contribution in [2.45, 2.75) is 90.8 Å². The highest BCUT2D eigenvalue weighted by molar-refractivity contribution is 5.73. The quantitative estimate of drug-likeness (QED) is 0.654. The predicted octanol–water partition coefficient (Wildman–Crippen LogP) is 4.33. The molecule has 0 unspecified atom stereocenters. The van der Waals surface area contributed by atoms with E-state index < -0.39 is 5.97 Å². The van der Waals surface area contributed by atoms with Gasteiger partial charge in [0.15, 0.2) is 0 Å². The molecule has 4 nitrogen and oxygen atoms in total. The average Bonchev–Trinajstić information content (AvgIpc) is 3.39. The molecule has 0 aliphatic heterocycles. The van der Waals surface area contributed by atoms with Gasteiger partial charge in [0.25, 0.3) is 0 Å². The molecule has 0 spiro atoms. The van der Waals surface area contributed by atoms with Gasteiger partial charge in [0.2, 0.25) is 0 Å². The zero-order valence-corrected chi connectivity index (χ0v) is 18.4. The van der Waals surface area contributed by atoms with Crippen LogP contribution in [0.5, 0.6) is 0 Å². The van der Waals surface area contributed by atoms with Crippen LogP contribution in [-0.4, -0.2) is 33.5 Å². The summed E-state index contributed by atoms with van der Waals surface area (Å²) in [6.07, 6.45) is 9.08. The van der Waals surface area contributed by atoms with Crippen molar-refractivity contribution in [1.29, 1.82) is 0 Å². The number of aliphatic hydroxyl groups is 2. The topological polar surface area (TPSA) is 77.8 Å². The third-order valence-corrected chi connectivity index (χ3v) is 11.2. The first-order chi connectivity index (χ1) is 13.7. The Balaban J connectivity index is 1.39. The van der Waals surface area contributed by atoms with E-state index in [1.807, 2.05) is 0 Å². The van der Waals surface area contributed by atoms with Crippen molar-refractivity contribution in [2.75, 3.05) is 0 Å². The third-order valence-electron chi connectivity index (χ3n) is 11.2. The maximum absolute atomic E-state index is 11.4. The van der Waals surface area contributed by atoms with Gasteiger partial charge in [0, 0.05) is 0 Å². The first-order valence-corrected chi connectivity index (χ1v) is 12.3. The summed E-state index contributed by atoms with van der Waals surface area (Å²) in [5.41, 5.74) is 0.531. The van der Waals surface area contributed by atoms with Crippen LogP contribution in [0.4, 0.5) is 0 Å². The molecule has 0 bridgehead atoms. The summed E-state index contributed by atoms with van der Waals surface area (Å²) in [6, 6.07) is 0. The summed E-state index contributed by atoms with van der Waals surface area (Å²) >= 11 is 0. The number of carboxylic acid groups (broad SMARTS) is 1. The standard InChI is InChI=1S/C25H40O4/c1-13(16-12-17(16)23(28)29)18-4-5-19-22-20(7-9-25(18,19)3)24(2)8-6-15(26)10-14(24)11-21(22)27/h13-22,26-27H,4-12H2,1-3H3,(H,28,29)/t13-,14+,15-,16+,17-,18-,19+,20+,21+,22+,24+,25-/m1/s1. The summed E-state index contributed by atoms with van der Waals surface area (Å²) in [6.45, 7) is 7.26. The second kappa shape index (κ2) is 6.69. The Bertz CT molecular complexity index is 678. The van der Waals surface area contributed by atoms with Gasteiger partial charge in [-0.3, -0.25) is 4.79 Å². The van der Waals surface area contributed by atoms with Crippen LogP contribution in [0.3, 0.4) is 0 Å². The van der Waals surface area contributed by atoms with Gasteiger partial charge in [0.1, 0.15) is 0 Å². The fourth-order valence-corrected chi connectivity index (χ4v) is 9.48. The Labute approximate surface area is 175 Å². The lowest BCUT2D eigenvalue weighted by molar-refractivity contribution is -0.174. The van der Waals surface area contributed by atoms with Gasteiger partial charge < -0.3 is 15.3 Å². The first kappa shape index (κ1) is 20.3. The molecule has 0 radical (unpaired) electrons. The van der Waals surface area contributed by atoms with E-state index in [-0.39, 0.29) is 29.0 Å². The number of aliphatic hydroxyl groups excluding tert-OH is 2. The number of carbonyl (C=O) groups is 1. The highest BCUT2D eigenvalue weighted by atomic mass is 16.4. The van der Waals surface area contributed by atoms with Crippen molar-refractivity contribution in [1.82, 2.24) is 0 Å². The number of rotatable bonds is 3. The molecule has 5 aliphatic carbocycles. The Morgan fingerprint density at radius 2 is 1.62 bits per heavy atom. The maximum Gasteiger partial charge on any atom is 0.306 e. The van der Waals surface area contributed by atoms with Crippen molar-refractivity contribution >= 4 is 5.97 Å². The molecular weight excluding hydrogens is 364 g/mol. The largest absolute Gasteiger partial charge is 0.481 e. The highest BCUT2D eigenvalue weighted by Gasteiger charge is 2.64. The van der Waals surface area contributed by atoms with E-state index in [2.05, 4.69) is 20.8 Å². The molecule has 0 aromatic heterocycles. The van der Waals surface area contributed by atoms with Gasteiger partial charge in [-0.15, -0.1) is 0 Å². The van der Waals surface area contributed by atoms with Crippen molar-refractivity contribution < 1.29 is 20.1 Å². The molecule has 0 heterocycles. The van der Waals surface area contributed by atoms with Crippen LogP contribution in [0.15, 0.2) is 0 Å². The fourth-order valence-electron chi connectivity index (χ4n) is 9.48. The predicted molar refractivity (Wildman–Crippen MR) is 111 cm³/mol. The number of hydrogen-bond donors (Lipinski definition) is 3. The lowest BCUT2D eigenvalue weighted by atomic mass is 9.43. The van der Waals surface area contributed by atoms with E-state index in [1.165, 1.54) is 25.7 Å². The van der Waals surface area contributed by atoms with E-state index in [1.54, 1.807) is 0 Å². The molecular formula is C25H40O4. The van der Waals surface area contributed by atoms with Gasteiger partial charge in [-0.1, -0.05) is 20.8 Å². The lowest BCUT2D eigenvalue weighted by Gasteiger charge is -2.62. The van der Waals surface area contributed by atoms with Crippen LogP contribution in [0.2, 0.25) is 0 Å². The van der Waals surface area contributed by atoms with Crippen LogP contribution in [-0.2, 0) is 4.79 Å². The van der Waals surface area contributed by atoms with Gasteiger partial charge in [-0.05, 0) is 110 Å². The summed E-state index contributed by atoms with van der Waals surface area (Å²) in [7, 11) is 0. The van der Waals surface area contributed by atoms with E-state index in [9.17, 15) is 20.1 Å². The molecule has 0 aromatic rings. The van der Waals surface area contributed by atoms with Gasteiger partial charge in [-0.2, -0.15) is 0 Å². The summed E-state index contributed by atoms with van der Waals surface area (Å²) < 4.78 is 0. The summed E-state index contributed by atoms with van der Waals surface area (Å²) in [5.74, 6) is 2.76. The van der Waals surface area contributed by atoms with Gasteiger partial charge >= 0.3 is 5.97 Å². The second-order valence-electron chi connectivity index (χ2n) is 12.2. The van der Waals surface area contributed by atoms with E-state index in [0.717, 1.165) is 32.1 Å². The molecule has 12 atom stereocenters. The van der Waals surface area contributed by atoms with Crippen molar-refractivity contribution in [3.8, 4) is 0 Å². The molecule has 5 rings (SSSR count). The number of fused-ring (bicyclic) bond motifs is 5. The molecule has 0 aromatic carbocycles. The smallest absolute Gasteiger partial charge is 0.306 e. The average molecular weight is 405 g/mol. The molecule has 164 valence electrons. The van der Waals surface area contributed by atoms with Gasteiger partial charge in [0.05, 0.1) is 18.1 Å². The van der Waals surface area contributed by atoms with Crippen molar-refractivity contribution in [3.63, 3.8) is 0 Å². The van der Waals surface area contributed by atoms with E-state index in [0.29, 0.717) is 41.4 Å². The Morgan fingerprint density at radius 1 is 0.931 bits per heavy atom. The van der Waals surface area contributed by atoms with Crippen LogP contribution in [0.1, 0.15) is 78.6 Å². The summed E-state index contributed by atoms with van der Waals surface area (Å²) in [5, 5.41) is 30.9. The van der Waals surface area contributed by atoms with Crippen LogP contribution < -0.4 is 0 Å². The molecule has 5 saturated carbocycles. The fraction of sp³-hybridized carbons (Fsp3) is 0.960. The minimum atomic E-state index is -0.605. The van der Waals surface area contributed by atoms with Crippen LogP contribution in [0, 0.1) is 58.2 Å². The first-order valence-electron chi connectivity index (χ1n) is 12.3. The molecule has 5 aliphatic rings. The molecule has 29 heavy (non-hydrogen) atoms. The second-order valence-corrected chi connectivity index (χ2v) is 12.2. The van der Waals surface area contributed by atoms with Crippen LogP contribution >= 0.6 is 0 Å². The molecule has 4 heteroatoms. The number of hydrogen-bond acceptors (Lipinski definition) is 3. The maximum atomic E-state index is 11.4. The van der Waals surface area contributed by atoms with E-state index in [4.69, 9.17) is 0 Å². The Kier molecular flexibility index (Phi) is 4.68. The van der Waals surface area contributed by atoms with E-state index >= 15 is 0 Å². The molecule has 3 N–H and O–H groups in total. The zero-order valence-electron chi connectivity index (χ0n) is 18.4. The SMILES string of the molecule is C[C@H]([C@@H]1C[C@H]1C(=O)O)[C@H]1CC[C@H]2[C@@H]3[C@@H](O)C[C@@H]4C[C@H](O)CC[C@]4(C)[C@H]3CC[C@]12C. The monoisotopic (exact) mass is 404 g/mol.